The lowest BCUT2D eigenvalue weighted by molar-refractivity contribution is 0.177. The molecule has 1 aromatic heterocycles. The number of aromatic nitrogens is 2. The Labute approximate surface area is 67.6 Å². The Hall–Kier alpha value is -0.480. The monoisotopic (exact) mass is 202 g/mol. The van der Waals surface area contributed by atoms with Gasteiger partial charge in [-0.05, 0) is 22.0 Å². The summed E-state index contributed by atoms with van der Waals surface area (Å²) in [7, 11) is 1.62. The van der Waals surface area contributed by atoms with Crippen molar-refractivity contribution in [2.75, 3.05) is 7.11 Å². The summed E-state index contributed by atoms with van der Waals surface area (Å²) in [5.41, 5.74) is 0. The van der Waals surface area contributed by atoms with Crippen LogP contribution in [0.4, 0.5) is 0 Å². The first-order valence-corrected chi connectivity index (χ1v) is 3.58. The van der Waals surface area contributed by atoms with E-state index in [9.17, 15) is 0 Å². The van der Waals surface area contributed by atoms with E-state index in [1.165, 1.54) is 0 Å². The lowest BCUT2D eigenvalue weighted by Crippen LogP contribution is -1.95. The molecule has 1 heterocycles. The van der Waals surface area contributed by atoms with Gasteiger partial charge in [-0.3, -0.25) is 0 Å². The molecule has 0 saturated carbocycles. The van der Waals surface area contributed by atoms with Crippen LogP contribution in [0.25, 0.3) is 0 Å². The number of hydrogen-bond donors (Lipinski definition) is 0. The molecule has 4 heteroatoms. The summed E-state index contributed by atoms with van der Waals surface area (Å²) >= 11 is 3.23. The quantitative estimate of drug-likeness (QED) is 0.681. The van der Waals surface area contributed by atoms with Crippen molar-refractivity contribution in [2.24, 2.45) is 0 Å². The molecule has 54 valence electrons. The second kappa shape index (κ2) is 3.63. The zero-order chi connectivity index (χ0) is 7.40. The van der Waals surface area contributed by atoms with E-state index in [1.807, 2.05) is 0 Å². The molecule has 0 aromatic carbocycles. The minimum atomic E-state index is 0.458. The zero-order valence-corrected chi connectivity index (χ0v) is 7.13. The third kappa shape index (κ3) is 2.04. The molecule has 3 nitrogen and oxygen atoms in total. The largest absolute Gasteiger partial charge is 0.377 e. The maximum Gasteiger partial charge on any atom is 0.155 e. The summed E-state index contributed by atoms with van der Waals surface area (Å²) < 4.78 is 5.62. The highest BCUT2D eigenvalue weighted by Gasteiger charge is 1.93. The smallest absolute Gasteiger partial charge is 0.155 e. The molecular weight excluding hydrogens is 196 g/mol. The number of halogens is 1. The van der Waals surface area contributed by atoms with E-state index in [0.717, 1.165) is 4.60 Å². The van der Waals surface area contributed by atoms with Crippen molar-refractivity contribution in [3.8, 4) is 0 Å². The van der Waals surface area contributed by atoms with Gasteiger partial charge in [0.2, 0.25) is 0 Å². The average Bonchev–Trinajstić information content (AvgIpc) is 1.88. The summed E-state index contributed by atoms with van der Waals surface area (Å²) in [6, 6.07) is 1.78. The van der Waals surface area contributed by atoms with Crippen LogP contribution in [0.1, 0.15) is 5.82 Å². The standard InChI is InChI=1S/C6H7BrN2O/c1-10-4-6-8-3-2-5(7)9-6/h2-3H,4H2,1H3. The van der Waals surface area contributed by atoms with Gasteiger partial charge in [-0.2, -0.15) is 0 Å². The van der Waals surface area contributed by atoms with Crippen LogP contribution in [0.3, 0.4) is 0 Å². The van der Waals surface area contributed by atoms with Crippen molar-refractivity contribution >= 4 is 15.9 Å². The third-order valence-corrected chi connectivity index (χ3v) is 1.39. The third-order valence-electron chi connectivity index (χ3n) is 0.945. The van der Waals surface area contributed by atoms with Crippen LogP contribution in [0, 0.1) is 0 Å². The van der Waals surface area contributed by atoms with E-state index in [1.54, 1.807) is 19.4 Å². The van der Waals surface area contributed by atoms with Gasteiger partial charge in [-0.15, -0.1) is 0 Å². The first kappa shape index (κ1) is 7.63. The molecule has 0 spiro atoms. The zero-order valence-electron chi connectivity index (χ0n) is 5.54. The molecule has 10 heavy (non-hydrogen) atoms. The molecule has 1 rings (SSSR count). The van der Waals surface area contributed by atoms with Gasteiger partial charge in [0.25, 0.3) is 0 Å². The molecule has 0 atom stereocenters. The number of rotatable bonds is 2. The number of methoxy groups -OCH3 is 1. The second-order valence-electron chi connectivity index (χ2n) is 1.73. The Bertz CT molecular complexity index is 217. The van der Waals surface area contributed by atoms with Gasteiger partial charge in [-0.1, -0.05) is 0 Å². The van der Waals surface area contributed by atoms with E-state index < -0.39 is 0 Å². The Balaban J connectivity index is 2.75. The van der Waals surface area contributed by atoms with Crippen molar-refractivity contribution in [1.29, 1.82) is 0 Å². The van der Waals surface area contributed by atoms with E-state index >= 15 is 0 Å². The van der Waals surface area contributed by atoms with E-state index in [0.29, 0.717) is 12.4 Å². The Kier molecular flexibility index (Phi) is 2.77. The fourth-order valence-corrected chi connectivity index (χ4v) is 0.896. The maximum atomic E-state index is 4.84. The molecule has 0 radical (unpaired) electrons. The van der Waals surface area contributed by atoms with Crippen LogP contribution in [-0.2, 0) is 11.3 Å². The molecule has 1 aromatic rings. The highest BCUT2D eigenvalue weighted by atomic mass is 79.9. The van der Waals surface area contributed by atoms with Crippen LogP contribution >= 0.6 is 15.9 Å². The Morgan fingerprint density at radius 1 is 1.70 bits per heavy atom. The molecular formula is C6H7BrN2O. The summed E-state index contributed by atoms with van der Waals surface area (Å²) in [4.78, 5) is 8.01. The van der Waals surface area contributed by atoms with E-state index in [-0.39, 0.29) is 0 Å². The Morgan fingerprint density at radius 2 is 2.50 bits per heavy atom. The van der Waals surface area contributed by atoms with Crippen molar-refractivity contribution < 1.29 is 4.74 Å². The molecule has 0 aliphatic carbocycles. The number of nitrogens with zero attached hydrogens (tertiary/aromatic N) is 2. The van der Waals surface area contributed by atoms with Crippen molar-refractivity contribution in [3.63, 3.8) is 0 Å². The second-order valence-corrected chi connectivity index (χ2v) is 2.54. The minimum absolute atomic E-state index is 0.458. The summed E-state index contributed by atoms with van der Waals surface area (Å²) in [6.07, 6.45) is 1.69. The van der Waals surface area contributed by atoms with Crippen molar-refractivity contribution in [1.82, 2.24) is 9.97 Å². The number of hydrogen-bond acceptors (Lipinski definition) is 3. The van der Waals surface area contributed by atoms with Crippen molar-refractivity contribution in [3.05, 3.63) is 22.7 Å². The van der Waals surface area contributed by atoms with Crippen LogP contribution < -0.4 is 0 Å². The molecule has 0 saturated heterocycles. The predicted molar refractivity (Wildman–Crippen MR) is 40.4 cm³/mol. The Morgan fingerprint density at radius 3 is 3.10 bits per heavy atom. The molecule has 0 aliphatic heterocycles. The lowest BCUT2D eigenvalue weighted by Gasteiger charge is -1.95. The topological polar surface area (TPSA) is 35.0 Å². The van der Waals surface area contributed by atoms with Gasteiger partial charge in [0.05, 0.1) is 0 Å². The summed E-state index contributed by atoms with van der Waals surface area (Å²) in [5.74, 6) is 0.692. The minimum Gasteiger partial charge on any atom is -0.377 e. The highest BCUT2D eigenvalue weighted by molar-refractivity contribution is 9.10. The normalized spacial score (nSPS) is 9.80. The number of ether oxygens (including phenoxy) is 1. The lowest BCUT2D eigenvalue weighted by atomic mass is 10.6. The average molecular weight is 203 g/mol. The van der Waals surface area contributed by atoms with Crippen LogP contribution in [-0.4, -0.2) is 17.1 Å². The summed E-state index contributed by atoms with van der Waals surface area (Å²) in [5, 5.41) is 0. The molecule has 0 bridgehead atoms. The maximum absolute atomic E-state index is 4.84. The fourth-order valence-electron chi connectivity index (χ4n) is 0.573. The molecule has 0 N–H and O–H groups in total. The van der Waals surface area contributed by atoms with Gasteiger partial charge in [-0.25, -0.2) is 9.97 Å². The molecule has 0 unspecified atom stereocenters. The first-order chi connectivity index (χ1) is 4.83. The van der Waals surface area contributed by atoms with Gasteiger partial charge in [0, 0.05) is 13.3 Å². The highest BCUT2D eigenvalue weighted by Crippen LogP contribution is 2.03. The predicted octanol–water partition coefficient (Wildman–Crippen LogP) is 1.39. The molecule has 0 fully saturated rings. The van der Waals surface area contributed by atoms with Crippen LogP contribution in [0.5, 0.6) is 0 Å². The molecule has 0 aliphatic rings. The molecule has 0 amide bonds. The summed E-state index contributed by atoms with van der Waals surface area (Å²) in [6.45, 7) is 0.458. The van der Waals surface area contributed by atoms with Gasteiger partial charge in [0.1, 0.15) is 11.2 Å². The van der Waals surface area contributed by atoms with Crippen LogP contribution in [0.2, 0.25) is 0 Å². The SMILES string of the molecule is COCc1nccc(Br)n1. The van der Waals surface area contributed by atoms with Crippen molar-refractivity contribution in [2.45, 2.75) is 6.61 Å². The fraction of sp³-hybridized carbons (Fsp3) is 0.333. The van der Waals surface area contributed by atoms with E-state index in [4.69, 9.17) is 4.74 Å². The first-order valence-electron chi connectivity index (χ1n) is 2.79. The van der Waals surface area contributed by atoms with Crippen LogP contribution in [0.15, 0.2) is 16.9 Å². The van der Waals surface area contributed by atoms with E-state index in [2.05, 4.69) is 25.9 Å². The van der Waals surface area contributed by atoms with Gasteiger partial charge in [0.15, 0.2) is 5.82 Å². The van der Waals surface area contributed by atoms with Gasteiger partial charge < -0.3 is 4.74 Å². The van der Waals surface area contributed by atoms with Gasteiger partial charge >= 0.3 is 0 Å².